The van der Waals surface area contributed by atoms with Crippen molar-refractivity contribution in [3.8, 4) is 22.9 Å². The number of hydrogen-bond donors (Lipinski definition) is 1. The van der Waals surface area contributed by atoms with E-state index < -0.39 is 0 Å². The molecule has 1 aromatic heterocycles. The molecule has 0 saturated carbocycles. The Hall–Kier alpha value is -3.48. The van der Waals surface area contributed by atoms with Gasteiger partial charge in [-0.05, 0) is 35.9 Å². The lowest BCUT2D eigenvalue weighted by Crippen LogP contribution is -2.23. The molecule has 3 aromatic rings. The summed E-state index contributed by atoms with van der Waals surface area (Å²) in [6.07, 6.45) is 3.59. The van der Waals surface area contributed by atoms with Gasteiger partial charge in [-0.3, -0.25) is 4.79 Å². The highest BCUT2D eigenvalue weighted by Crippen LogP contribution is 2.39. The third kappa shape index (κ3) is 3.87. The van der Waals surface area contributed by atoms with Crippen LogP contribution < -0.4 is 19.5 Å². The Labute approximate surface area is 157 Å². The molecule has 0 fully saturated rings. The van der Waals surface area contributed by atoms with Gasteiger partial charge in [0.1, 0.15) is 0 Å². The molecule has 0 bridgehead atoms. The molecule has 0 saturated heterocycles. The van der Waals surface area contributed by atoms with E-state index in [1.165, 1.54) is 21.3 Å². The molecule has 1 amide bonds. The highest BCUT2D eigenvalue weighted by molar-refractivity contribution is 5.98. The summed E-state index contributed by atoms with van der Waals surface area (Å²) in [5.41, 5.74) is 2.25. The summed E-state index contributed by atoms with van der Waals surface area (Å²) in [5, 5.41) is 7.12. The third-order valence-electron chi connectivity index (χ3n) is 4.08. The summed E-state index contributed by atoms with van der Waals surface area (Å²) >= 11 is 0. The minimum absolute atomic E-state index is 0.266. The number of rotatable bonds is 7. The van der Waals surface area contributed by atoms with Crippen molar-refractivity contribution in [3.05, 3.63) is 66.0 Å². The second-order valence-corrected chi connectivity index (χ2v) is 5.69. The maximum atomic E-state index is 12.7. The lowest BCUT2D eigenvalue weighted by Gasteiger charge is -2.15. The van der Waals surface area contributed by atoms with Crippen LogP contribution >= 0.6 is 0 Å². The fraction of sp³-hybridized carbons (Fsp3) is 0.200. The van der Waals surface area contributed by atoms with Crippen molar-refractivity contribution in [3.63, 3.8) is 0 Å². The first-order valence-electron chi connectivity index (χ1n) is 8.34. The molecule has 3 rings (SSSR count). The van der Waals surface area contributed by atoms with Gasteiger partial charge in [0.2, 0.25) is 5.75 Å². The molecule has 0 atom stereocenters. The zero-order valence-electron chi connectivity index (χ0n) is 15.4. The van der Waals surface area contributed by atoms with Crippen LogP contribution in [0.1, 0.15) is 15.9 Å². The molecule has 7 nitrogen and oxygen atoms in total. The number of carbonyl (C=O) groups excluding carboxylic acids is 1. The summed E-state index contributed by atoms with van der Waals surface area (Å²) in [5.74, 6) is 0.947. The van der Waals surface area contributed by atoms with Crippen LogP contribution in [0, 0.1) is 0 Å². The molecule has 0 unspecified atom stereocenters. The molecule has 0 spiro atoms. The van der Waals surface area contributed by atoms with Crippen molar-refractivity contribution in [2.75, 3.05) is 21.3 Å². The molecule has 1 N–H and O–H groups in total. The average molecular weight is 367 g/mol. The van der Waals surface area contributed by atoms with Crippen LogP contribution in [0.3, 0.4) is 0 Å². The Morgan fingerprint density at radius 2 is 1.85 bits per heavy atom. The SMILES string of the molecule is COc1ccc(C(=O)NCc2cccc(-n3cccn3)c2)c(OC)c1OC. The van der Waals surface area contributed by atoms with E-state index in [0.717, 1.165) is 11.3 Å². The monoisotopic (exact) mass is 367 g/mol. The van der Waals surface area contributed by atoms with E-state index in [9.17, 15) is 4.79 Å². The van der Waals surface area contributed by atoms with Crippen LogP contribution in [0.15, 0.2) is 54.9 Å². The normalized spacial score (nSPS) is 10.3. The summed E-state index contributed by atoms with van der Waals surface area (Å²) in [4.78, 5) is 12.7. The Bertz CT molecular complexity index is 923. The van der Waals surface area contributed by atoms with Crippen LogP contribution in [-0.4, -0.2) is 37.0 Å². The number of carbonyl (C=O) groups is 1. The number of aromatic nitrogens is 2. The fourth-order valence-electron chi connectivity index (χ4n) is 2.79. The zero-order valence-corrected chi connectivity index (χ0v) is 15.4. The highest BCUT2D eigenvalue weighted by Gasteiger charge is 2.20. The van der Waals surface area contributed by atoms with E-state index >= 15 is 0 Å². The third-order valence-corrected chi connectivity index (χ3v) is 4.08. The van der Waals surface area contributed by atoms with Gasteiger partial charge < -0.3 is 19.5 Å². The first kappa shape index (κ1) is 18.3. The first-order chi connectivity index (χ1) is 13.2. The van der Waals surface area contributed by atoms with Gasteiger partial charge in [0, 0.05) is 18.9 Å². The minimum Gasteiger partial charge on any atom is -0.493 e. The number of methoxy groups -OCH3 is 3. The van der Waals surface area contributed by atoms with Crippen molar-refractivity contribution in [2.24, 2.45) is 0 Å². The molecule has 27 heavy (non-hydrogen) atoms. The number of amides is 1. The summed E-state index contributed by atoms with van der Waals surface area (Å²) in [7, 11) is 4.52. The van der Waals surface area contributed by atoms with E-state index in [1.807, 2.05) is 36.5 Å². The van der Waals surface area contributed by atoms with E-state index in [4.69, 9.17) is 14.2 Å². The zero-order chi connectivity index (χ0) is 19.2. The number of ether oxygens (including phenoxy) is 3. The largest absolute Gasteiger partial charge is 0.493 e. The topological polar surface area (TPSA) is 74.6 Å². The Morgan fingerprint density at radius 1 is 1.04 bits per heavy atom. The maximum absolute atomic E-state index is 12.7. The van der Waals surface area contributed by atoms with E-state index in [1.54, 1.807) is 23.0 Å². The van der Waals surface area contributed by atoms with Gasteiger partial charge in [-0.2, -0.15) is 5.10 Å². The Morgan fingerprint density at radius 3 is 2.52 bits per heavy atom. The van der Waals surface area contributed by atoms with Gasteiger partial charge in [0.25, 0.3) is 5.91 Å². The Balaban J connectivity index is 1.78. The van der Waals surface area contributed by atoms with Crippen LogP contribution in [0.4, 0.5) is 0 Å². The lowest BCUT2D eigenvalue weighted by molar-refractivity contribution is 0.0947. The second-order valence-electron chi connectivity index (χ2n) is 5.69. The van der Waals surface area contributed by atoms with Crippen molar-refractivity contribution in [2.45, 2.75) is 6.54 Å². The van der Waals surface area contributed by atoms with Gasteiger partial charge in [-0.25, -0.2) is 4.68 Å². The maximum Gasteiger partial charge on any atom is 0.255 e. The van der Waals surface area contributed by atoms with Gasteiger partial charge >= 0.3 is 0 Å². The van der Waals surface area contributed by atoms with Gasteiger partial charge in [0.05, 0.1) is 32.6 Å². The standard InChI is InChI=1S/C20H21N3O4/c1-25-17-9-8-16(18(26-2)19(17)27-3)20(24)21-13-14-6-4-7-15(12-14)23-11-5-10-22-23/h4-12H,13H2,1-3H3,(H,21,24). The molecule has 0 aliphatic carbocycles. The van der Waals surface area contributed by atoms with Crippen LogP contribution in [0.25, 0.3) is 5.69 Å². The van der Waals surface area contributed by atoms with Crippen LogP contribution in [0.5, 0.6) is 17.2 Å². The predicted molar refractivity (Wildman–Crippen MR) is 101 cm³/mol. The summed E-state index contributed by atoms with van der Waals surface area (Å²) in [6.45, 7) is 0.367. The molecule has 1 heterocycles. The molecule has 0 radical (unpaired) electrons. The molecule has 140 valence electrons. The second kappa shape index (κ2) is 8.27. The first-order valence-corrected chi connectivity index (χ1v) is 8.34. The van der Waals surface area contributed by atoms with Gasteiger partial charge in [0.15, 0.2) is 11.5 Å². The predicted octanol–water partition coefficient (Wildman–Crippen LogP) is 2.83. The molecule has 2 aromatic carbocycles. The lowest BCUT2D eigenvalue weighted by atomic mass is 10.1. The van der Waals surface area contributed by atoms with Gasteiger partial charge in [-0.15, -0.1) is 0 Å². The molecular weight excluding hydrogens is 346 g/mol. The number of benzene rings is 2. The van der Waals surface area contributed by atoms with Crippen molar-refractivity contribution in [1.82, 2.24) is 15.1 Å². The fourth-order valence-corrected chi connectivity index (χ4v) is 2.79. The van der Waals surface area contributed by atoms with Crippen molar-refractivity contribution in [1.29, 1.82) is 0 Å². The Kier molecular flexibility index (Phi) is 5.61. The van der Waals surface area contributed by atoms with E-state index in [-0.39, 0.29) is 5.91 Å². The van der Waals surface area contributed by atoms with Crippen molar-refractivity contribution < 1.29 is 19.0 Å². The number of nitrogens with one attached hydrogen (secondary N) is 1. The highest BCUT2D eigenvalue weighted by atomic mass is 16.5. The number of hydrogen-bond acceptors (Lipinski definition) is 5. The molecule has 0 aliphatic rings. The van der Waals surface area contributed by atoms with Gasteiger partial charge in [-0.1, -0.05) is 12.1 Å². The van der Waals surface area contributed by atoms with E-state index in [2.05, 4.69) is 10.4 Å². The summed E-state index contributed by atoms with van der Waals surface area (Å²) in [6, 6.07) is 13.0. The van der Waals surface area contributed by atoms with Crippen LogP contribution in [-0.2, 0) is 6.54 Å². The molecular formula is C20H21N3O4. The smallest absolute Gasteiger partial charge is 0.255 e. The van der Waals surface area contributed by atoms with Crippen LogP contribution in [0.2, 0.25) is 0 Å². The minimum atomic E-state index is -0.266. The van der Waals surface area contributed by atoms with E-state index in [0.29, 0.717) is 29.4 Å². The average Bonchev–Trinajstić information content (AvgIpc) is 3.25. The quantitative estimate of drug-likeness (QED) is 0.695. The van der Waals surface area contributed by atoms with Crippen molar-refractivity contribution >= 4 is 5.91 Å². The summed E-state index contributed by atoms with van der Waals surface area (Å²) < 4.78 is 17.7. The number of nitrogens with zero attached hydrogens (tertiary/aromatic N) is 2. The molecule has 7 heteroatoms. The molecule has 0 aliphatic heterocycles.